The molecule has 0 bridgehead atoms. The lowest BCUT2D eigenvalue weighted by atomic mass is 10.0. The quantitative estimate of drug-likeness (QED) is 0.662. The van der Waals surface area contributed by atoms with E-state index >= 15 is 0 Å². The molecule has 29 heavy (non-hydrogen) atoms. The van der Waals surface area contributed by atoms with Crippen molar-refractivity contribution in [1.82, 2.24) is 14.9 Å². The SMILES string of the molecule is CCCc1nnc2n1N[C@@H](c1ccc(F)cc1)[C@@H](C(=O)Nc1cccc(C)c1)S2. The van der Waals surface area contributed by atoms with Crippen LogP contribution >= 0.6 is 11.8 Å². The van der Waals surface area contributed by atoms with Crippen molar-refractivity contribution >= 4 is 23.4 Å². The van der Waals surface area contributed by atoms with Gasteiger partial charge in [-0.1, -0.05) is 43.0 Å². The summed E-state index contributed by atoms with van der Waals surface area (Å²) in [7, 11) is 0. The van der Waals surface area contributed by atoms with Crippen molar-refractivity contribution in [1.29, 1.82) is 0 Å². The summed E-state index contributed by atoms with van der Waals surface area (Å²) in [5.74, 6) is 0.364. The van der Waals surface area contributed by atoms with E-state index in [9.17, 15) is 9.18 Å². The van der Waals surface area contributed by atoms with E-state index in [1.807, 2.05) is 35.9 Å². The number of halogens is 1. The van der Waals surface area contributed by atoms with Gasteiger partial charge in [-0.3, -0.25) is 4.79 Å². The molecule has 1 amide bonds. The van der Waals surface area contributed by atoms with Crippen molar-refractivity contribution in [2.75, 3.05) is 10.7 Å². The monoisotopic (exact) mass is 411 g/mol. The molecule has 0 fully saturated rings. The molecule has 2 aromatic carbocycles. The smallest absolute Gasteiger partial charge is 0.240 e. The molecule has 1 aliphatic heterocycles. The average Bonchev–Trinajstić information content (AvgIpc) is 3.10. The Morgan fingerprint density at radius 3 is 2.76 bits per heavy atom. The molecule has 0 aliphatic carbocycles. The number of aromatic nitrogens is 3. The van der Waals surface area contributed by atoms with Gasteiger partial charge in [-0.15, -0.1) is 10.2 Å². The summed E-state index contributed by atoms with van der Waals surface area (Å²) < 4.78 is 15.3. The maximum atomic E-state index is 13.5. The van der Waals surface area contributed by atoms with Crippen LogP contribution in [0.1, 0.15) is 36.3 Å². The van der Waals surface area contributed by atoms with Crippen LogP contribution in [0.15, 0.2) is 53.7 Å². The molecule has 2 atom stereocenters. The zero-order valence-electron chi connectivity index (χ0n) is 16.2. The number of hydrogen-bond donors (Lipinski definition) is 2. The summed E-state index contributed by atoms with van der Waals surface area (Å²) in [4.78, 5) is 13.2. The number of aryl methyl sites for hydroxylation is 2. The second-order valence-corrected chi connectivity index (χ2v) is 8.15. The van der Waals surface area contributed by atoms with E-state index in [0.29, 0.717) is 5.16 Å². The van der Waals surface area contributed by atoms with Crippen LogP contribution in [0, 0.1) is 12.7 Å². The predicted octanol–water partition coefficient (Wildman–Crippen LogP) is 4.08. The molecule has 0 spiro atoms. The van der Waals surface area contributed by atoms with E-state index in [0.717, 1.165) is 35.5 Å². The van der Waals surface area contributed by atoms with Crippen molar-refractivity contribution in [3.8, 4) is 0 Å². The fourth-order valence-corrected chi connectivity index (χ4v) is 4.44. The first-order chi connectivity index (χ1) is 14.0. The number of fused-ring (bicyclic) bond motifs is 1. The number of thioether (sulfide) groups is 1. The van der Waals surface area contributed by atoms with Crippen LogP contribution in [0.25, 0.3) is 0 Å². The lowest BCUT2D eigenvalue weighted by Gasteiger charge is -2.33. The van der Waals surface area contributed by atoms with Crippen molar-refractivity contribution in [2.24, 2.45) is 0 Å². The minimum absolute atomic E-state index is 0.145. The Morgan fingerprint density at radius 1 is 1.24 bits per heavy atom. The molecule has 150 valence electrons. The summed E-state index contributed by atoms with van der Waals surface area (Å²) in [6.07, 6.45) is 1.71. The van der Waals surface area contributed by atoms with Crippen LogP contribution in [0.2, 0.25) is 0 Å². The Labute approximate surface area is 172 Å². The zero-order valence-corrected chi connectivity index (χ0v) is 17.0. The van der Waals surface area contributed by atoms with Crippen LogP contribution in [-0.4, -0.2) is 26.0 Å². The lowest BCUT2D eigenvalue weighted by molar-refractivity contribution is -0.116. The summed E-state index contributed by atoms with van der Waals surface area (Å²) in [6, 6.07) is 13.5. The Balaban J connectivity index is 1.66. The highest BCUT2D eigenvalue weighted by Gasteiger charge is 2.37. The summed E-state index contributed by atoms with van der Waals surface area (Å²) in [6.45, 7) is 4.05. The fourth-order valence-electron chi connectivity index (χ4n) is 3.34. The molecule has 0 radical (unpaired) electrons. The largest absolute Gasteiger partial charge is 0.325 e. The highest BCUT2D eigenvalue weighted by Crippen LogP contribution is 2.37. The minimum Gasteiger partial charge on any atom is -0.325 e. The molecule has 3 aromatic rings. The average molecular weight is 412 g/mol. The third kappa shape index (κ3) is 4.12. The molecular weight excluding hydrogens is 389 g/mol. The molecule has 8 heteroatoms. The molecular formula is C21H22FN5OS. The van der Waals surface area contributed by atoms with Gasteiger partial charge in [0.25, 0.3) is 0 Å². The van der Waals surface area contributed by atoms with E-state index in [4.69, 9.17) is 0 Å². The topological polar surface area (TPSA) is 71.8 Å². The van der Waals surface area contributed by atoms with Crippen molar-refractivity contribution < 1.29 is 9.18 Å². The first-order valence-corrected chi connectivity index (χ1v) is 10.4. The normalized spacial score (nSPS) is 18.0. The molecule has 4 rings (SSSR count). The molecule has 6 nitrogen and oxygen atoms in total. The zero-order chi connectivity index (χ0) is 20.4. The Morgan fingerprint density at radius 2 is 2.03 bits per heavy atom. The van der Waals surface area contributed by atoms with Crippen molar-refractivity contribution in [3.05, 3.63) is 71.3 Å². The van der Waals surface area contributed by atoms with Gasteiger partial charge < -0.3 is 10.7 Å². The number of nitrogens with one attached hydrogen (secondary N) is 2. The lowest BCUT2D eigenvalue weighted by Crippen LogP contribution is -2.41. The molecule has 0 saturated heterocycles. The van der Waals surface area contributed by atoms with E-state index in [1.165, 1.54) is 23.9 Å². The second kappa shape index (κ2) is 8.24. The number of benzene rings is 2. The Hall–Kier alpha value is -2.87. The van der Waals surface area contributed by atoms with Gasteiger partial charge in [0.1, 0.15) is 11.1 Å². The number of hydrogen-bond acceptors (Lipinski definition) is 5. The Kier molecular flexibility index (Phi) is 5.53. The van der Waals surface area contributed by atoms with E-state index in [2.05, 4.69) is 27.9 Å². The summed E-state index contributed by atoms with van der Waals surface area (Å²) in [5.41, 5.74) is 6.01. The summed E-state index contributed by atoms with van der Waals surface area (Å²) >= 11 is 1.36. The number of carbonyl (C=O) groups excluding carboxylic acids is 1. The van der Waals surface area contributed by atoms with E-state index in [-0.39, 0.29) is 17.8 Å². The standard InChI is InChI=1S/C21H22FN5OS/c1-3-5-17-24-25-21-27(17)26-18(14-8-10-15(22)11-9-14)19(29-21)20(28)23-16-7-4-6-13(2)12-16/h4,6-12,18-19,26H,3,5H2,1-2H3,(H,23,28)/t18-,19-/m0/s1. The van der Waals surface area contributed by atoms with Crippen LogP contribution in [0.3, 0.4) is 0 Å². The summed E-state index contributed by atoms with van der Waals surface area (Å²) in [5, 5.41) is 11.7. The van der Waals surface area contributed by atoms with Gasteiger partial charge in [0.2, 0.25) is 11.1 Å². The Bertz CT molecular complexity index is 1020. The highest BCUT2D eigenvalue weighted by molar-refractivity contribution is 8.00. The predicted molar refractivity (Wildman–Crippen MR) is 112 cm³/mol. The number of rotatable bonds is 5. The number of carbonyl (C=O) groups is 1. The fraction of sp³-hybridized carbons (Fsp3) is 0.286. The van der Waals surface area contributed by atoms with Gasteiger partial charge in [-0.2, -0.15) is 0 Å². The maximum Gasteiger partial charge on any atom is 0.240 e. The van der Waals surface area contributed by atoms with Crippen LogP contribution in [0.5, 0.6) is 0 Å². The van der Waals surface area contributed by atoms with Crippen LogP contribution in [-0.2, 0) is 11.2 Å². The van der Waals surface area contributed by atoms with E-state index in [1.54, 1.807) is 12.1 Å². The van der Waals surface area contributed by atoms with Crippen LogP contribution < -0.4 is 10.7 Å². The van der Waals surface area contributed by atoms with Gasteiger partial charge in [-0.05, 0) is 48.7 Å². The first kappa shape index (κ1) is 19.4. The second-order valence-electron chi connectivity index (χ2n) is 7.04. The van der Waals surface area contributed by atoms with E-state index < -0.39 is 5.25 Å². The molecule has 2 heterocycles. The van der Waals surface area contributed by atoms with Gasteiger partial charge in [-0.25, -0.2) is 9.07 Å². The number of anilines is 1. The molecule has 2 N–H and O–H groups in total. The molecule has 0 unspecified atom stereocenters. The van der Waals surface area contributed by atoms with Crippen molar-refractivity contribution in [2.45, 2.75) is 43.1 Å². The number of nitrogens with zero attached hydrogens (tertiary/aromatic N) is 3. The van der Waals surface area contributed by atoms with Gasteiger partial charge in [0, 0.05) is 12.1 Å². The molecule has 0 saturated carbocycles. The minimum atomic E-state index is -0.493. The highest BCUT2D eigenvalue weighted by atomic mass is 32.2. The van der Waals surface area contributed by atoms with Gasteiger partial charge in [0.15, 0.2) is 5.82 Å². The van der Waals surface area contributed by atoms with Crippen LogP contribution in [0.4, 0.5) is 10.1 Å². The van der Waals surface area contributed by atoms with Crippen molar-refractivity contribution in [3.63, 3.8) is 0 Å². The molecule has 1 aliphatic rings. The maximum absolute atomic E-state index is 13.5. The third-order valence-electron chi connectivity index (χ3n) is 4.75. The van der Waals surface area contributed by atoms with Gasteiger partial charge in [0.05, 0.1) is 6.04 Å². The first-order valence-electron chi connectivity index (χ1n) is 9.55. The van der Waals surface area contributed by atoms with Gasteiger partial charge >= 0.3 is 0 Å². The molecule has 1 aromatic heterocycles. The third-order valence-corrected chi connectivity index (χ3v) is 5.97. The number of amides is 1.